The van der Waals surface area contributed by atoms with Gasteiger partial charge in [0, 0.05) is 32.0 Å². The number of carbonyl (C=O) groups is 4. The number of amides is 3. The van der Waals surface area contributed by atoms with Gasteiger partial charge in [0.15, 0.2) is 0 Å². The number of imide groups is 1. The first kappa shape index (κ1) is 15.7. The van der Waals surface area contributed by atoms with E-state index in [0.29, 0.717) is 6.42 Å². The van der Waals surface area contributed by atoms with Gasteiger partial charge in [-0.1, -0.05) is 30.3 Å². The minimum atomic E-state index is -0.505. The van der Waals surface area contributed by atoms with Crippen molar-refractivity contribution in [3.05, 3.63) is 35.9 Å². The lowest BCUT2D eigenvalue weighted by molar-refractivity contribution is -0.139. The Kier molecular flexibility index (Phi) is 3.04. The van der Waals surface area contributed by atoms with Crippen LogP contribution in [-0.4, -0.2) is 53.4 Å². The van der Waals surface area contributed by atoms with Crippen molar-refractivity contribution in [2.75, 3.05) is 14.1 Å². The van der Waals surface area contributed by atoms with E-state index in [1.807, 2.05) is 30.3 Å². The van der Waals surface area contributed by atoms with Gasteiger partial charge in [0.05, 0.1) is 23.7 Å². The lowest BCUT2D eigenvalue weighted by Gasteiger charge is -2.38. The SMILES string of the molecule is CN1C(=O)[C@@H]2[C@H]3[C@@H]4[C@H](C(=O)N3C)C(c3ccccc3)C(=O)[C@@H]4C[C@@H]2C1=O. The van der Waals surface area contributed by atoms with Crippen molar-refractivity contribution in [3.63, 3.8) is 0 Å². The molecule has 6 nitrogen and oxygen atoms in total. The van der Waals surface area contributed by atoms with Crippen molar-refractivity contribution in [1.82, 2.24) is 9.80 Å². The normalized spacial score (nSPS) is 41.1. The van der Waals surface area contributed by atoms with E-state index in [-0.39, 0.29) is 41.4 Å². The van der Waals surface area contributed by atoms with Crippen LogP contribution in [0.25, 0.3) is 0 Å². The van der Waals surface area contributed by atoms with Crippen LogP contribution in [0, 0.1) is 29.6 Å². The Morgan fingerprint density at radius 1 is 0.846 bits per heavy atom. The highest BCUT2D eigenvalue weighted by Gasteiger charge is 2.70. The number of carbonyl (C=O) groups excluding carboxylic acids is 4. The van der Waals surface area contributed by atoms with Gasteiger partial charge in [-0.25, -0.2) is 0 Å². The van der Waals surface area contributed by atoms with E-state index in [9.17, 15) is 19.2 Å². The molecule has 0 bridgehead atoms. The topological polar surface area (TPSA) is 74.8 Å². The molecule has 1 aromatic rings. The monoisotopic (exact) mass is 352 g/mol. The maximum Gasteiger partial charge on any atom is 0.234 e. The highest BCUT2D eigenvalue weighted by atomic mass is 16.2. The maximum absolute atomic E-state index is 13.3. The van der Waals surface area contributed by atoms with Gasteiger partial charge in [0.1, 0.15) is 5.78 Å². The summed E-state index contributed by atoms with van der Waals surface area (Å²) in [6.07, 6.45) is 0.389. The number of ketones is 1. The summed E-state index contributed by atoms with van der Waals surface area (Å²) in [6.45, 7) is 0. The second-order valence-electron chi connectivity index (χ2n) is 8.04. The van der Waals surface area contributed by atoms with Crippen LogP contribution < -0.4 is 0 Å². The summed E-state index contributed by atoms with van der Waals surface area (Å²) in [5.74, 6) is -2.79. The predicted molar refractivity (Wildman–Crippen MR) is 90.6 cm³/mol. The minimum absolute atomic E-state index is 0.0610. The molecule has 2 aliphatic carbocycles. The summed E-state index contributed by atoms with van der Waals surface area (Å²) in [5, 5.41) is 0. The van der Waals surface area contributed by atoms with Gasteiger partial charge in [0.2, 0.25) is 17.7 Å². The lowest BCUT2D eigenvalue weighted by atomic mass is 9.66. The quantitative estimate of drug-likeness (QED) is 0.697. The third kappa shape index (κ3) is 1.67. The molecular weight excluding hydrogens is 332 g/mol. The number of rotatable bonds is 1. The number of fused-ring (bicyclic) bond motifs is 2. The van der Waals surface area contributed by atoms with Crippen molar-refractivity contribution in [2.24, 2.45) is 29.6 Å². The van der Waals surface area contributed by atoms with Crippen molar-refractivity contribution in [1.29, 1.82) is 0 Å². The number of hydrogen-bond acceptors (Lipinski definition) is 4. The van der Waals surface area contributed by atoms with Crippen molar-refractivity contribution in [3.8, 4) is 0 Å². The first-order valence-corrected chi connectivity index (χ1v) is 9.10. The van der Waals surface area contributed by atoms with Gasteiger partial charge < -0.3 is 4.90 Å². The van der Waals surface area contributed by atoms with Gasteiger partial charge in [-0.3, -0.25) is 24.1 Å². The molecule has 2 heterocycles. The van der Waals surface area contributed by atoms with Crippen molar-refractivity contribution in [2.45, 2.75) is 18.4 Å². The Hall–Kier alpha value is -2.50. The molecule has 6 heteroatoms. The average molecular weight is 352 g/mol. The third-order valence-corrected chi connectivity index (χ3v) is 7.12. The zero-order valence-corrected chi connectivity index (χ0v) is 14.7. The van der Waals surface area contributed by atoms with Gasteiger partial charge in [-0.2, -0.15) is 0 Å². The second kappa shape index (κ2) is 5.02. The number of nitrogens with zero attached hydrogens (tertiary/aromatic N) is 2. The highest BCUT2D eigenvalue weighted by Crippen LogP contribution is 2.59. The summed E-state index contributed by atoms with van der Waals surface area (Å²) in [4.78, 5) is 54.4. The predicted octanol–water partition coefficient (Wildman–Crippen LogP) is 0.677. The molecule has 134 valence electrons. The van der Waals surface area contributed by atoms with E-state index in [2.05, 4.69) is 0 Å². The molecule has 1 aromatic carbocycles. The fourth-order valence-electron chi connectivity index (χ4n) is 6.07. The van der Waals surface area contributed by atoms with E-state index in [0.717, 1.165) is 5.56 Å². The summed E-state index contributed by atoms with van der Waals surface area (Å²) in [7, 11) is 3.22. The van der Waals surface area contributed by atoms with Gasteiger partial charge >= 0.3 is 0 Å². The minimum Gasteiger partial charge on any atom is -0.341 e. The zero-order valence-electron chi connectivity index (χ0n) is 14.7. The molecule has 2 saturated heterocycles. The molecular formula is C20H20N2O4. The Balaban J connectivity index is 1.64. The molecule has 0 aromatic heterocycles. The van der Waals surface area contributed by atoms with E-state index in [1.165, 1.54) is 11.9 Å². The largest absolute Gasteiger partial charge is 0.341 e. The smallest absolute Gasteiger partial charge is 0.234 e. The van der Waals surface area contributed by atoms with Gasteiger partial charge in [-0.15, -0.1) is 0 Å². The Morgan fingerprint density at radius 2 is 1.54 bits per heavy atom. The summed E-state index contributed by atoms with van der Waals surface area (Å²) in [5.41, 5.74) is 0.860. The van der Waals surface area contributed by atoms with Crippen LogP contribution in [0.2, 0.25) is 0 Å². The van der Waals surface area contributed by atoms with Crippen LogP contribution in [0.3, 0.4) is 0 Å². The maximum atomic E-state index is 13.3. The van der Waals surface area contributed by atoms with Crippen LogP contribution in [0.15, 0.2) is 30.3 Å². The fraction of sp³-hybridized carbons (Fsp3) is 0.500. The summed E-state index contributed by atoms with van der Waals surface area (Å²) in [6, 6.07) is 9.08. The molecule has 0 N–H and O–H groups in total. The molecule has 4 fully saturated rings. The lowest BCUT2D eigenvalue weighted by Crippen LogP contribution is -2.50. The Bertz CT molecular complexity index is 851. The fourth-order valence-corrected chi connectivity index (χ4v) is 6.07. The molecule has 0 radical (unpaired) electrons. The second-order valence-corrected chi connectivity index (χ2v) is 8.04. The molecule has 5 rings (SSSR count). The van der Waals surface area contributed by atoms with E-state index in [4.69, 9.17) is 0 Å². The molecule has 0 spiro atoms. The number of hydrogen-bond donors (Lipinski definition) is 0. The van der Waals surface area contributed by atoms with Crippen molar-refractivity contribution < 1.29 is 19.2 Å². The van der Waals surface area contributed by atoms with Gasteiger partial charge in [0.25, 0.3) is 0 Å². The first-order chi connectivity index (χ1) is 12.4. The van der Waals surface area contributed by atoms with Crippen LogP contribution in [0.5, 0.6) is 0 Å². The van der Waals surface area contributed by atoms with Crippen molar-refractivity contribution >= 4 is 23.5 Å². The first-order valence-electron chi connectivity index (χ1n) is 9.10. The molecule has 26 heavy (non-hydrogen) atoms. The van der Waals surface area contributed by atoms with Crippen LogP contribution in [-0.2, 0) is 19.2 Å². The standard InChI is InChI=1S/C20H20N2O4/c1-21-16-13-10(8-11-14(16)19(25)22(2)18(11)24)17(23)12(15(13)20(21)26)9-6-4-3-5-7-9/h3-7,10-16H,8H2,1-2H3/t10-,11+,12?,13+,14+,15-,16-/m1/s1. The van der Waals surface area contributed by atoms with Crippen LogP contribution >= 0.6 is 0 Å². The Morgan fingerprint density at radius 3 is 2.23 bits per heavy atom. The molecule has 1 unspecified atom stereocenters. The molecule has 4 aliphatic rings. The molecule has 2 saturated carbocycles. The van der Waals surface area contributed by atoms with Gasteiger partial charge in [-0.05, 0) is 12.0 Å². The van der Waals surface area contributed by atoms with E-state index in [1.54, 1.807) is 11.9 Å². The molecule has 2 aliphatic heterocycles. The Labute approximate surface area is 151 Å². The number of likely N-dealkylation sites (tertiary alicyclic amines) is 2. The average Bonchev–Trinajstić information content (AvgIpc) is 3.17. The van der Waals surface area contributed by atoms with Crippen LogP contribution in [0.1, 0.15) is 17.9 Å². The highest BCUT2D eigenvalue weighted by molar-refractivity contribution is 6.08. The summed E-state index contributed by atoms with van der Waals surface area (Å²) >= 11 is 0. The molecule has 3 amide bonds. The van der Waals surface area contributed by atoms with E-state index < -0.39 is 23.7 Å². The summed E-state index contributed by atoms with van der Waals surface area (Å²) < 4.78 is 0. The third-order valence-electron chi connectivity index (χ3n) is 7.12. The zero-order chi connectivity index (χ0) is 18.3. The van der Waals surface area contributed by atoms with E-state index >= 15 is 0 Å². The molecule has 7 atom stereocenters. The number of Topliss-reactive ketones (excluding diaryl/α,β-unsaturated/α-hetero) is 1. The van der Waals surface area contributed by atoms with Crippen LogP contribution in [0.4, 0.5) is 0 Å². The number of benzene rings is 1.